The number of allylic oxidation sites excluding steroid dienone is 1. The first-order valence-corrected chi connectivity index (χ1v) is 6.32. The van der Waals surface area contributed by atoms with Crippen molar-refractivity contribution in [3.8, 4) is 0 Å². The van der Waals surface area contributed by atoms with Crippen molar-refractivity contribution >= 4 is 0 Å². The van der Waals surface area contributed by atoms with Gasteiger partial charge in [-0.2, -0.15) is 0 Å². The van der Waals surface area contributed by atoms with Gasteiger partial charge in [0.15, 0.2) is 0 Å². The Balaban J connectivity index is 1.60. The second kappa shape index (κ2) is 3.37. The van der Waals surface area contributed by atoms with Gasteiger partial charge in [-0.25, -0.2) is 0 Å². The highest BCUT2D eigenvalue weighted by Crippen LogP contribution is 2.53. The van der Waals surface area contributed by atoms with Gasteiger partial charge in [0.05, 0.1) is 0 Å². The van der Waals surface area contributed by atoms with Gasteiger partial charge in [0.25, 0.3) is 0 Å². The van der Waals surface area contributed by atoms with Gasteiger partial charge in [-0.05, 0) is 43.9 Å². The largest absolute Gasteiger partial charge is 0.307 e. The Hall–Kier alpha value is -0.300. The van der Waals surface area contributed by atoms with Gasteiger partial charge in [-0.1, -0.05) is 25.0 Å². The van der Waals surface area contributed by atoms with Crippen LogP contribution in [0, 0.1) is 5.41 Å². The summed E-state index contributed by atoms with van der Waals surface area (Å²) >= 11 is 0. The van der Waals surface area contributed by atoms with E-state index >= 15 is 0 Å². The van der Waals surface area contributed by atoms with Crippen molar-refractivity contribution in [2.45, 2.75) is 63.5 Å². The van der Waals surface area contributed by atoms with E-state index < -0.39 is 0 Å². The molecule has 1 nitrogen and oxygen atoms in total. The minimum atomic E-state index is 0.706. The van der Waals surface area contributed by atoms with E-state index in [0.717, 1.165) is 11.5 Å². The fraction of sp³-hybridized carbons (Fsp3) is 0.846. The van der Waals surface area contributed by atoms with Crippen LogP contribution in [-0.2, 0) is 0 Å². The molecular formula is C13H21N. The quantitative estimate of drug-likeness (QED) is 0.662. The fourth-order valence-corrected chi connectivity index (χ4v) is 3.66. The molecule has 0 aromatic carbocycles. The third kappa shape index (κ3) is 1.33. The molecule has 2 atom stereocenters. The third-order valence-corrected chi connectivity index (χ3v) is 4.70. The summed E-state index contributed by atoms with van der Waals surface area (Å²) in [5, 5.41) is 3.86. The molecule has 0 bridgehead atoms. The highest BCUT2D eigenvalue weighted by Gasteiger charge is 2.48. The van der Waals surface area contributed by atoms with Gasteiger partial charge in [-0.3, -0.25) is 0 Å². The number of rotatable bonds is 2. The molecule has 3 aliphatic carbocycles. The molecule has 0 heterocycles. The van der Waals surface area contributed by atoms with Crippen molar-refractivity contribution in [3.05, 3.63) is 12.2 Å². The standard InChI is InChI=1S/C13H21N/c1-2-6-11(5-1)14-12-7-10-13(12)8-3-4-9-13/h1,5,11-12,14H,2-4,6-10H2. The molecule has 2 unspecified atom stereocenters. The Morgan fingerprint density at radius 1 is 1.07 bits per heavy atom. The van der Waals surface area contributed by atoms with Crippen molar-refractivity contribution in [2.24, 2.45) is 5.41 Å². The van der Waals surface area contributed by atoms with Gasteiger partial charge in [-0.15, -0.1) is 0 Å². The minimum absolute atomic E-state index is 0.706. The summed E-state index contributed by atoms with van der Waals surface area (Å²) in [5.41, 5.74) is 0.746. The summed E-state index contributed by atoms with van der Waals surface area (Å²) in [6, 6.07) is 1.57. The van der Waals surface area contributed by atoms with Gasteiger partial charge in [0, 0.05) is 12.1 Å². The van der Waals surface area contributed by atoms with Crippen LogP contribution in [0.15, 0.2) is 12.2 Å². The first-order valence-electron chi connectivity index (χ1n) is 6.32. The second-order valence-electron chi connectivity index (χ2n) is 5.44. The molecule has 3 rings (SSSR count). The molecule has 2 saturated carbocycles. The number of hydrogen-bond acceptors (Lipinski definition) is 1. The average molecular weight is 191 g/mol. The maximum atomic E-state index is 3.86. The Labute approximate surface area is 87.0 Å². The van der Waals surface area contributed by atoms with E-state index in [-0.39, 0.29) is 0 Å². The smallest absolute Gasteiger partial charge is 0.0255 e. The Kier molecular flexibility index (Phi) is 2.16. The van der Waals surface area contributed by atoms with Gasteiger partial charge in [0.1, 0.15) is 0 Å². The normalized spacial score (nSPS) is 39.1. The molecule has 14 heavy (non-hydrogen) atoms. The van der Waals surface area contributed by atoms with Crippen LogP contribution >= 0.6 is 0 Å². The molecule has 0 aromatic heterocycles. The molecule has 78 valence electrons. The average Bonchev–Trinajstić information content (AvgIpc) is 2.84. The van der Waals surface area contributed by atoms with E-state index in [1.165, 1.54) is 51.4 Å². The molecule has 2 fully saturated rings. The third-order valence-electron chi connectivity index (χ3n) is 4.70. The lowest BCUT2D eigenvalue weighted by atomic mass is 9.63. The number of nitrogens with one attached hydrogen (secondary N) is 1. The summed E-state index contributed by atoms with van der Waals surface area (Å²) in [6.45, 7) is 0. The van der Waals surface area contributed by atoms with Gasteiger partial charge in [0.2, 0.25) is 0 Å². The highest BCUT2D eigenvalue weighted by molar-refractivity contribution is 5.08. The SMILES string of the molecule is C1=CC(NC2CCC23CCCC3)CC1. The molecule has 0 aliphatic heterocycles. The Morgan fingerprint density at radius 2 is 1.93 bits per heavy atom. The fourth-order valence-electron chi connectivity index (χ4n) is 3.66. The zero-order chi connectivity index (χ0) is 9.43. The second-order valence-corrected chi connectivity index (χ2v) is 5.44. The molecule has 1 heteroatoms. The van der Waals surface area contributed by atoms with Crippen LogP contribution in [-0.4, -0.2) is 12.1 Å². The summed E-state index contributed by atoms with van der Waals surface area (Å²) in [7, 11) is 0. The van der Waals surface area contributed by atoms with Crippen LogP contribution in [0.1, 0.15) is 51.4 Å². The Bertz CT molecular complexity index is 238. The highest BCUT2D eigenvalue weighted by atomic mass is 15.0. The van der Waals surface area contributed by atoms with E-state index in [9.17, 15) is 0 Å². The van der Waals surface area contributed by atoms with Crippen LogP contribution in [0.4, 0.5) is 0 Å². The Morgan fingerprint density at radius 3 is 2.50 bits per heavy atom. The molecule has 0 saturated heterocycles. The lowest BCUT2D eigenvalue weighted by Crippen LogP contribution is -2.54. The first kappa shape index (κ1) is 8.96. The number of hydrogen-bond donors (Lipinski definition) is 1. The molecule has 0 amide bonds. The topological polar surface area (TPSA) is 12.0 Å². The molecule has 0 radical (unpaired) electrons. The maximum absolute atomic E-state index is 3.86. The van der Waals surface area contributed by atoms with Crippen molar-refractivity contribution in [1.82, 2.24) is 5.32 Å². The molecular weight excluding hydrogens is 170 g/mol. The van der Waals surface area contributed by atoms with Crippen LogP contribution in [0.5, 0.6) is 0 Å². The van der Waals surface area contributed by atoms with Crippen molar-refractivity contribution in [2.75, 3.05) is 0 Å². The van der Waals surface area contributed by atoms with E-state index in [1.807, 2.05) is 0 Å². The lowest BCUT2D eigenvalue weighted by molar-refractivity contribution is 0.0677. The molecule has 0 aromatic rings. The predicted molar refractivity (Wildman–Crippen MR) is 59.2 cm³/mol. The first-order chi connectivity index (χ1) is 6.89. The molecule has 1 N–H and O–H groups in total. The van der Waals surface area contributed by atoms with Crippen LogP contribution in [0.3, 0.4) is 0 Å². The van der Waals surface area contributed by atoms with Crippen molar-refractivity contribution < 1.29 is 0 Å². The van der Waals surface area contributed by atoms with E-state index in [2.05, 4.69) is 17.5 Å². The zero-order valence-electron chi connectivity index (χ0n) is 8.97. The van der Waals surface area contributed by atoms with Crippen LogP contribution in [0.25, 0.3) is 0 Å². The summed E-state index contributed by atoms with van der Waals surface area (Å²) in [5.74, 6) is 0. The van der Waals surface area contributed by atoms with Gasteiger partial charge < -0.3 is 5.32 Å². The lowest BCUT2D eigenvalue weighted by Gasteiger charge is -2.49. The summed E-state index contributed by atoms with van der Waals surface area (Å²) < 4.78 is 0. The van der Waals surface area contributed by atoms with Gasteiger partial charge >= 0.3 is 0 Å². The van der Waals surface area contributed by atoms with E-state index in [0.29, 0.717) is 6.04 Å². The zero-order valence-corrected chi connectivity index (χ0v) is 8.97. The maximum Gasteiger partial charge on any atom is 0.0255 e. The van der Waals surface area contributed by atoms with Crippen LogP contribution in [0.2, 0.25) is 0 Å². The van der Waals surface area contributed by atoms with Crippen LogP contribution < -0.4 is 5.32 Å². The predicted octanol–water partition coefficient (Wildman–Crippen LogP) is 3.02. The summed E-state index contributed by atoms with van der Waals surface area (Å²) in [4.78, 5) is 0. The molecule has 1 spiro atoms. The van der Waals surface area contributed by atoms with E-state index in [1.54, 1.807) is 0 Å². The van der Waals surface area contributed by atoms with Crippen molar-refractivity contribution in [1.29, 1.82) is 0 Å². The van der Waals surface area contributed by atoms with E-state index in [4.69, 9.17) is 0 Å². The monoisotopic (exact) mass is 191 g/mol. The minimum Gasteiger partial charge on any atom is -0.307 e. The summed E-state index contributed by atoms with van der Waals surface area (Å²) in [6.07, 6.45) is 16.2. The van der Waals surface area contributed by atoms with Crippen molar-refractivity contribution in [3.63, 3.8) is 0 Å². The molecule has 3 aliphatic rings.